The number of amides is 1. The van der Waals surface area contributed by atoms with Crippen LogP contribution in [0.5, 0.6) is 0 Å². The van der Waals surface area contributed by atoms with Crippen LogP contribution in [0.25, 0.3) is 0 Å². The number of likely N-dealkylation sites (tertiary alicyclic amines) is 1. The van der Waals surface area contributed by atoms with E-state index in [9.17, 15) is 4.79 Å². The van der Waals surface area contributed by atoms with Crippen LogP contribution >= 0.6 is 11.8 Å². The van der Waals surface area contributed by atoms with Crippen LogP contribution in [0.4, 0.5) is 11.6 Å². The third-order valence-corrected chi connectivity index (χ3v) is 7.99. The molecule has 1 saturated heterocycles. The molecule has 198 valence electrons. The highest BCUT2D eigenvalue weighted by Gasteiger charge is 2.42. The lowest BCUT2D eigenvalue weighted by Gasteiger charge is -2.21. The zero-order chi connectivity index (χ0) is 27.5. The first-order valence-corrected chi connectivity index (χ1v) is 13.2. The molecule has 3 aromatic rings. The molecule has 2 atom stereocenters. The van der Waals surface area contributed by atoms with Crippen molar-refractivity contribution in [3.63, 3.8) is 0 Å². The maximum atomic E-state index is 12.0. The first kappa shape index (κ1) is 26.2. The minimum atomic E-state index is -0.0169. The van der Waals surface area contributed by atoms with E-state index in [4.69, 9.17) is 22.0 Å². The zero-order valence-corrected chi connectivity index (χ0v) is 21.9. The number of benzene rings is 1. The van der Waals surface area contributed by atoms with Gasteiger partial charge in [-0.15, -0.1) is 0 Å². The molecule has 1 aliphatic carbocycles. The van der Waals surface area contributed by atoms with Crippen LogP contribution in [0.2, 0.25) is 0 Å². The first-order valence-electron chi connectivity index (χ1n) is 12.4. The van der Waals surface area contributed by atoms with Gasteiger partial charge in [-0.2, -0.15) is 0 Å². The Labute approximate surface area is 229 Å². The molecule has 2 unspecified atom stereocenters. The monoisotopic (exact) mass is 540 g/mol. The molecule has 3 heterocycles. The van der Waals surface area contributed by atoms with E-state index in [0.717, 1.165) is 37.7 Å². The summed E-state index contributed by atoms with van der Waals surface area (Å²) in [5.74, 6) is 1.55. The van der Waals surface area contributed by atoms with Crippen molar-refractivity contribution < 1.29 is 4.79 Å². The van der Waals surface area contributed by atoms with Crippen molar-refractivity contribution in [2.45, 2.75) is 18.9 Å². The molecule has 1 aromatic carbocycles. The maximum absolute atomic E-state index is 12.0. The SMILES string of the molecule is C=CC(=O)N1CC2CC(Nc3ncnc(N)c3C(=N)c3ccc(C(=N)SC(=N)c4cnccn4)cc3)CC2C1. The van der Waals surface area contributed by atoms with Crippen LogP contribution in [0.15, 0.2) is 61.8 Å². The summed E-state index contributed by atoms with van der Waals surface area (Å²) in [6.45, 7) is 5.06. The summed E-state index contributed by atoms with van der Waals surface area (Å²) in [6.07, 6.45) is 9.10. The average Bonchev–Trinajstić information content (AvgIpc) is 3.52. The number of nitrogens with two attached hydrogens (primary N) is 1. The van der Waals surface area contributed by atoms with Gasteiger partial charge < -0.3 is 16.0 Å². The molecule has 1 saturated carbocycles. The van der Waals surface area contributed by atoms with Gasteiger partial charge in [-0.1, -0.05) is 30.8 Å². The van der Waals surface area contributed by atoms with Crippen LogP contribution in [0.3, 0.4) is 0 Å². The van der Waals surface area contributed by atoms with Crippen molar-refractivity contribution in [1.82, 2.24) is 24.8 Å². The lowest BCUT2D eigenvalue weighted by atomic mass is 10.0. The lowest BCUT2D eigenvalue weighted by Crippen LogP contribution is -2.30. The predicted molar refractivity (Wildman–Crippen MR) is 152 cm³/mol. The van der Waals surface area contributed by atoms with E-state index in [2.05, 4.69) is 31.8 Å². The van der Waals surface area contributed by atoms with E-state index in [0.29, 0.717) is 40.0 Å². The highest BCUT2D eigenvalue weighted by Crippen LogP contribution is 2.39. The number of carbonyl (C=O) groups is 1. The van der Waals surface area contributed by atoms with E-state index in [1.54, 1.807) is 24.3 Å². The number of nitrogens with zero attached hydrogens (tertiary/aromatic N) is 5. The van der Waals surface area contributed by atoms with Crippen molar-refractivity contribution >= 4 is 45.1 Å². The number of aromatic nitrogens is 4. The third kappa shape index (κ3) is 5.55. The summed E-state index contributed by atoms with van der Waals surface area (Å²) in [5.41, 5.74) is 8.45. The fraction of sp³-hybridized carbons (Fsp3) is 0.259. The number of rotatable bonds is 7. The summed E-state index contributed by atoms with van der Waals surface area (Å²) in [6, 6.07) is 7.14. The van der Waals surface area contributed by atoms with Crippen LogP contribution in [-0.4, -0.2) is 65.7 Å². The predicted octanol–water partition coefficient (Wildman–Crippen LogP) is 3.18. The summed E-state index contributed by atoms with van der Waals surface area (Å²) in [7, 11) is 0. The Morgan fingerprint density at radius 2 is 1.72 bits per heavy atom. The zero-order valence-electron chi connectivity index (χ0n) is 21.1. The number of carbonyl (C=O) groups excluding carboxylic acids is 1. The Morgan fingerprint density at radius 1 is 1.03 bits per heavy atom. The molecule has 12 heteroatoms. The number of anilines is 2. The molecule has 39 heavy (non-hydrogen) atoms. The highest BCUT2D eigenvalue weighted by atomic mass is 32.2. The molecular formula is C27H28N10OS. The number of nitrogen functional groups attached to an aromatic ring is 1. The minimum Gasteiger partial charge on any atom is -0.383 e. The second-order valence-corrected chi connectivity index (χ2v) is 10.6. The molecule has 1 aliphatic heterocycles. The Balaban J connectivity index is 1.26. The first-order chi connectivity index (χ1) is 18.8. The third-order valence-electron chi connectivity index (χ3n) is 7.14. The second kappa shape index (κ2) is 11.1. The van der Waals surface area contributed by atoms with E-state index in [1.165, 1.54) is 31.0 Å². The molecule has 6 N–H and O–H groups in total. The summed E-state index contributed by atoms with van der Waals surface area (Å²) in [4.78, 5) is 30.5. The van der Waals surface area contributed by atoms with Gasteiger partial charge in [0.2, 0.25) is 5.91 Å². The molecule has 2 fully saturated rings. The number of nitrogens with one attached hydrogen (secondary N) is 4. The van der Waals surface area contributed by atoms with Crippen molar-refractivity contribution in [2.24, 2.45) is 11.8 Å². The van der Waals surface area contributed by atoms with Gasteiger partial charge in [0.25, 0.3) is 0 Å². The van der Waals surface area contributed by atoms with Gasteiger partial charge in [0, 0.05) is 42.7 Å². The van der Waals surface area contributed by atoms with E-state index in [-0.39, 0.29) is 33.6 Å². The Kier molecular flexibility index (Phi) is 7.46. The largest absolute Gasteiger partial charge is 0.383 e. The number of fused-ring (bicyclic) bond motifs is 1. The number of thioether (sulfide) groups is 1. The van der Waals surface area contributed by atoms with E-state index < -0.39 is 0 Å². The maximum Gasteiger partial charge on any atom is 0.245 e. The average molecular weight is 541 g/mol. The van der Waals surface area contributed by atoms with Gasteiger partial charge in [0.05, 0.1) is 17.5 Å². The van der Waals surface area contributed by atoms with Gasteiger partial charge in [0.1, 0.15) is 33.7 Å². The Morgan fingerprint density at radius 3 is 2.36 bits per heavy atom. The quantitative estimate of drug-likeness (QED) is 0.172. The molecule has 11 nitrogen and oxygen atoms in total. The van der Waals surface area contributed by atoms with Gasteiger partial charge in [0.15, 0.2) is 0 Å². The fourth-order valence-corrected chi connectivity index (χ4v) is 5.91. The van der Waals surface area contributed by atoms with Gasteiger partial charge in [-0.05, 0) is 42.5 Å². The summed E-state index contributed by atoms with van der Waals surface area (Å²) < 4.78 is 0. The van der Waals surface area contributed by atoms with Crippen molar-refractivity contribution in [3.05, 3.63) is 84.2 Å². The lowest BCUT2D eigenvalue weighted by molar-refractivity contribution is -0.125. The fourth-order valence-electron chi connectivity index (χ4n) is 5.24. The van der Waals surface area contributed by atoms with Crippen LogP contribution in [-0.2, 0) is 4.79 Å². The van der Waals surface area contributed by atoms with Crippen LogP contribution in [0, 0.1) is 28.1 Å². The standard InChI is InChI=1S/C27H28N10OS/c1-2-21(38)37-12-17-9-19(10-18(17)13-37)36-27-22(24(29)34-14-35-27)23(28)15-3-5-16(6-4-15)25(30)39-26(31)20-11-32-7-8-33-20/h2-8,11,14,17-19,28,30-31H,1,9-10,12-13H2,(H3,29,34,35,36). The van der Waals surface area contributed by atoms with Gasteiger partial charge in [-0.25, -0.2) is 9.97 Å². The molecule has 1 amide bonds. The van der Waals surface area contributed by atoms with Crippen LogP contribution < -0.4 is 11.1 Å². The highest BCUT2D eigenvalue weighted by molar-refractivity contribution is 8.27. The Hall–Kier alpha value is -4.45. The Bertz CT molecular complexity index is 1430. The van der Waals surface area contributed by atoms with Gasteiger partial charge in [-0.3, -0.25) is 31.0 Å². The van der Waals surface area contributed by atoms with E-state index >= 15 is 0 Å². The molecule has 2 aromatic heterocycles. The number of hydrogen-bond donors (Lipinski definition) is 5. The van der Waals surface area contributed by atoms with Crippen LogP contribution in [0.1, 0.15) is 35.2 Å². The second-order valence-electron chi connectivity index (χ2n) is 9.57. The summed E-state index contributed by atoms with van der Waals surface area (Å²) in [5, 5.41) is 29.3. The summed E-state index contributed by atoms with van der Waals surface area (Å²) >= 11 is 0.983. The molecule has 2 aliphatic rings. The van der Waals surface area contributed by atoms with Crippen molar-refractivity contribution in [1.29, 1.82) is 16.2 Å². The molecular weight excluding hydrogens is 512 g/mol. The molecule has 0 bridgehead atoms. The molecule has 5 rings (SSSR count). The van der Waals surface area contributed by atoms with Crippen molar-refractivity contribution in [2.75, 3.05) is 24.1 Å². The molecule has 0 spiro atoms. The van der Waals surface area contributed by atoms with Crippen molar-refractivity contribution in [3.8, 4) is 0 Å². The minimum absolute atomic E-state index is 0.0169. The topological polar surface area (TPSA) is 181 Å². The molecule has 0 radical (unpaired) electrons. The van der Waals surface area contributed by atoms with Gasteiger partial charge >= 0.3 is 0 Å². The number of hydrogen-bond acceptors (Lipinski definition) is 11. The smallest absolute Gasteiger partial charge is 0.245 e. The normalized spacial score (nSPS) is 19.8. The van der Waals surface area contributed by atoms with E-state index in [1.807, 2.05) is 4.90 Å².